The van der Waals surface area contributed by atoms with E-state index in [1.165, 1.54) is 11.1 Å². The van der Waals surface area contributed by atoms with Gasteiger partial charge in [-0.25, -0.2) is 4.79 Å². The van der Waals surface area contributed by atoms with Crippen molar-refractivity contribution in [2.24, 2.45) is 0 Å². The zero-order valence-electron chi connectivity index (χ0n) is 23.9. The summed E-state index contributed by atoms with van der Waals surface area (Å²) in [6, 6.07) is 20.6. The van der Waals surface area contributed by atoms with E-state index >= 15 is 0 Å². The zero-order chi connectivity index (χ0) is 27.8. The maximum atomic E-state index is 12.1. The molecular weight excluding hydrogens is 474 g/mol. The Kier molecular flexibility index (Phi) is 13.8. The molecule has 206 valence electrons. The minimum Gasteiger partial charge on any atom is -0.463 e. The summed E-state index contributed by atoms with van der Waals surface area (Å²) >= 11 is 0. The van der Waals surface area contributed by atoms with Crippen LogP contribution in [0.2, 0.25) is 0 Å². The molecule has 5 nitrogen and oxygen atoms in total. The van der Waals surface area contributed by atoms with E-state index in [9.17, 15) is 4.79 Å². The predicted octanol–water partition coefficient (Wildman–Crippen LogP) is 6.66. The molecule has 2 aromatic carbocycles. The molecule has 38 heavy (non-hydrogen) atoms. The van der Waals surface area contributed by atoms with Crippen molar-refractivity contribution in [3.05, 3.63) is 107 Å². The summed E-state index contributed by atoms with van der Waals surface area (Å²) in [7, 11) is 4.37. The van der Waals surface area contributed by atoms with Gasteiger partial charge in [-0.2, -0.15) is 0 Å². The lowest BCUT2D eigenvalue weighted by Crippen LogP contribution is -2.50. The van der Waals surface area contributed by atoms with Crippen molar-refractivity contribution in [1.82, 2.24) is 0 Å². The highest BCUT2D eigenvalue weighted by molar-refractivity contribution is 5.87. The Morgan fingerprint density at radius 2 is 1.50 bits per heavy atom. The van der Waals surface area contributed by atoms with Crippen LogP contribution in [-0.2, 0) is 32.2 Å². The van der Waals surface area contributed by atoms with Crippen LogP contribution in [0.4, 0.5) is 0 Å². The maximum Gasteiger partial charge on any atom is 0.333 e. The number of nitrogens with zero attached hydrogens (tertiary/aromatic N) is 1. The third-order valence-corrected chi connectivity index (χ3v) is 6.65. The molecule has 0 saturated carbocycles. The molecule has 0 N–H and O–H groups in total. The van der Waals surface area contributed by atoms with Gasteiger partial charge in [0, 0.05) is 17.6 Å². The van der Waals surface area contributed by atoms with Crippen LogP contribution in [0.5, 0.6) is 0 Å². The van der Waals surface area contributed by atoms with Gasteiger partial charge >= 0.3 is 5.97 Å². The van der Waals surface area contributed by atoms with Crippen LogP contribution in [0.15, 0.2) is 96.1 Å². The lowest BCUT2D eigenvalue weighted by atomic mass is 9.97. The average Bonchev–Trinajstić information content (AvgIpc) is 2.91. The van der Waals surface area contributed by atoms with Gasteiger partial charge in [0.1, 0.15) is 6.04 Å². The molecule has 5 heteroatoms. The van der Waals surface area contributed by atoms with Gasteiger partial charge in [-0.05, 0) is 44.4 Å². The standard InChI is InChI=1S/C33H46NO4/c1-7-38-33(35)28(3)20-22-34(5,6)32(29(4)24-37-26-31-16-12-9-13-17-31)19-18-27(2)21-23-36-25-30-14-10-8-11-15-30/h8-17,20-21,32H,4,7,18-19,22-26H2,1-3,5-6H3/q+1/b27-21+,28-20-. The lowest BCUT2D eigenvalue weighted by Gasteiger charge is -2.39. The summed E-state index contributed by atoms with van der Waals surface area (Å²) < 4.78 is 17.7. The van der Waals surface area contributed by atoms with Gasteiger partial charge in [-0.3, -0.25) is 0 Å². The van der Waals surface area contributed by atoms with Crippen LogP contribution in [-0.4, -0.2) is 57.0 Å². The first-order chi connectivity index (χ1) is 18.2. The quantitative estimate of drug-likeness (QED) is 0.0769. The molecule has 0 aliphatic rings. The summed E-state index contributed by atoms with van der Waals surface area (Å²) in [5.74, 6) is -0.261. The number of quaternary nitrogens is 1. The van der Waals surface area contributed by atoms with Gasteiger partial charge in [0.25, 0.3) is 0 Å². The smallest absolute Gasteiger partial charge is 0.333 e. The summed E-state index contributed by atoms with van der Waals surface area (Å²) in [5.41, 5.74) is 5.30. The molecule has 0 aromatic heterocycles. The number of carbonyl (C=O) groups excluding carboxylic acids is 1. The fourth-order valence-electron chi connectivity index (χ4n) is 4.26. The van der Waals surface area contributed by atoms with E-state index in [1.807, 2.05) is 56.3 Å². The van der Waals surface area contributed by atoms with Crippen molar-refractivity contribution in [1.29, 1.82) is 0 Å². The molecule has 0 heterocycles. The third kappa shape index (κ3) is 11.6. The van der Waals surface area contributed by atoms with Crippen LogP contribution in [0.1, 0.15) is 44.7 Å². The Morgan fingerprint density at radius 1 is 0.921 bits per heavy atom. The Labute approximate surface area is 230 Å². The fourth-order valence-corrected chi connectivity index (χ4v) is 4.26. The van der Waals surface area contributed by atoms with E-state index < -0.39 is 0 Å². The molecule has 2 aromatic rings. The van der Waals surface area contributed by atoms with Gasteiger partial charge in [0.15, 0.2) is 0 Å². The van der Waals surface area contributed by atoms with Gasteiger partial charge in [0.05, 0.1) is 53.7 Å². The van der Waals surface area contributed by atoms with E-state index in [-0.39, 0.29) is 12.0 Å². The minimum absolute atomic E-state index is 0.158. The monoisotopic (exact) mass is 520 g/mol. The van der Waals surface area contributed by atoms with E-state index in [0.717, 1.165) is 24.0 Å². The highest BCUT2D eigenvalue weighted by atomic mass is 16.5. The van der Waals surface area contributed by atoms with E-state index in [0.29, 0.717) is 49.6 Å². The number of esters is 1. The number of rotatable bonds is 17. The molecular formula is C33H46NO4+. The Bertz CT molecular complexity index is 1040. The van der Waals surface area contributed by atoms with Gasteiger partial charge in [-0.15, -0.1) is 0 Å². The molecule has 0 aliphatic carbocycles. The number of benzene rings is 2. The Hall–Kier alpha value is -2.99. The topological polar surface area (TPSA) is 44.8 Å². The van der Waals surface area contributed by atoms with Crippen LogP contribution in [0.3, 0.4) is 0 Å². The second-order valence-corrected chi connectivity index (χ2v) is 10.3. The summed E-state index contributed by atoms with van der Waals surface area (Å²) in [6.45, 7) is 13.5. The highest BCUT2D eigenvalue weighted by Gasteiger charge is 2.30. The van der Waals surface area contributed by atoms with Gasteiger partial charge in [0.2, 0.25) is 0 Å². The van der Waals surface area contributed by atoms with Gasteiger partial charge < -0.3 is 18.7 Å². The van der Waals surface area contributed by atoms with Crippen molar-refractivity contribution in [3.8, 4) is 0 Å². The Morgan fingerprint density at radius 3 is 2.08 bits per heavy atom. The number of hydrogen-bond donors (Lipinski definition) is 0. The number of hydrogen-bond acceptors (Lipinski definition) is 4. The summed E-state index contributed by atoms with van der Waals surface area (Å²) in [5, 5.41) is 0. The third-order valence-electron chi connectivity index (χ3n) is 6.65. The van der Waals surface area contributed by atoms with Crippen LogP contribution in [0.25, 0.3) is 0 Å². The molecule has 0 fully saturated rings. The molecule has 1 atom stereocenters. The molecule has 0 saturated heterocycles. The van der Waals surface area contributed by atoms with Crippen molar-refractivity contribution in [3.63, 3.8) is 0 Å². The molecule has 0 radical (unpaired) electrons. The van der Waals surface area contributed by atoms with Crippen LogP contribution >= 0.6 is 0 Å². The van der Waals surface area contributed by atoms with Crippen molar-refractivity contribution < 1.29 is 23.5 Å². The fraction of sp³-hybridized carbons (Fsp3) is 0.424. The maximum absolute atomic E-state index is 12.1. The number of likely N-dealkylation sites (N-methyl/N-ethyl adjacent to an activating group) is 1. The predicted molar refractivity (Wildman–Crippen MR) is 155 cm³/mol. The average molecular weight is 521 g/mol. The second-order valence-electron chi connectivity index (χ2n) is 10.3. The highest BCUT2D eigenvalue weighted by Crippen LogP contribution is 2.23. The van der Waals surface area contributed by atoms with Crippen molar-refractivity contribution >= 4 is 5.97 Å². The lowest BCUT2D eigenvalue weighted by molar-refractivity contribution is -0.904. The number of ether oxygens (including phenoxy) is 3. The van der Waals surface area contributed by atoms with Crippen LogP contribution in [0, 0.1) is 0 Å². The minimum atomic E-state index is -0.261. The van der Waals surface area contributed by atoms with E-state index in [2.05, 4.69) is 57.9 Å². The molecule has 0 spiro atoms. The SMILES string of the molecule is C=C(COCc1ccccc1)C(CC/C(C)=C/COCc1ccccc1)[N+](C)(C)C/C=C(/C)C(=O)OCC. The largest absolute Gasteiger partial charge is 0.463 e. The summed E-state index contributed by atoms with van der Waals surface area (Å²) in [4.78, 5) is 12.1. The number of allylic oxidation sites excluding steroid dienone is 1. The van der Waals surface area contributed by atoms with Crippen LogP contribution < -0.4 is 0 Å². The first-order valence-corrected chi connectivity index (χ1v) is 13.5. The molecule has 2 rings (SSSR count). The Balaban J connectivity index is 2.00. The van der Waals surface area contributed by atoms with Crippen molar-refractivity contribution in [2.75, 3.05) is 40.5 Å². The normalized spacial score (nSPS) is 13.3. The molecule has 0 amide bonds. The summed E-state index contributed by atoms with van der Waals surface area (Å²) in [6.07, 6.45) is 6.00. The van der Waals surface area contributed by atoms with E-state index in [4.69, 9.17) is 14.2 Å². The molecule has 0 aliphatic heterocycles. The first kappa shape index (κ1) is 31.2. The molecule has 1 unspecified atom stereocenters. The zero-order valence-corrected chi connectivity index (χ0v) is 23.9. The first-order valence-electron chi connectivity index (χ1n) is 13.5. The van der Waals surface area contributed by atoms with E-state index in [1.54, 1.807) is 0 Å². The van der Waals surface area contributed by atoms with Crippen molar-refractivity contribution in [2.45, 2.75) is 52.9 Å². The van der Waals surface area contributed by atoms with Gasteiger partial charge in [-0.1, -0.05) is 78.9 Å². The second kappa shape index (κ2) is 16.8. The molecule has 0 bridgehead atoms. The number of carbonyl (C=O) groups is 1.